The Hall–Kier alpha value is -3.02. The second-order valence-electron chi connectivity index (χ2n) is 6.53. The Morgan fingerprint density at radius 1 is 1.32 bits per heavy atom. The quantitative estimate of drug-likeness (QED) is 0.491. The van der Waals surface area contributed by atoms with Gasteiger partial charge in [0.25, 0.3) is 0 Å². The van der Waals surface area contributed by atoms with Crippen LogP contribution in [0.5, 0.6) is 0 Å². The minimum Gasteiger partial charge on any atom is -0.450 e. The Balaban J connectivity index is 1.47. The van der Waals surface area contributed by atoms with E-state index in [0.717, 1.165) is 18.8 Å². The number of carbonyl (C=O) groups excluding carboxylic acids is 1. The molecule has 3 heterocycles. The number of piperazine rings is 1. The van der Waals surface area contributed by atoms with Crippen LogP contribution in [0.4, 0.5) is 10.6 Å². The smallest absolute Gasteiger partial charge is 0.409 e. The van der Waals surface area contributed by atoms with Crippen LogP contribution in [0.1, 0.15) is 18.4 Å². The molecule has 1 fully saturated rings. The van der Waals surface area contributed by atoms with E-state index < -0.39 is 4.92 Å². The highest BCUT2D eigenvalue weighted by molar-refractivity contribution is 5.67. The van der Waals surface area contributed by atoms with Crippen molar-refractivity contribution in [2.45, 2.75) is 26.4 Å². The van der Waals surface area contributed by atoms with E-state index in [2.05, 4.69) is 20.2 Å². The van der Waals surface area contributed by atoms with Gasteiger partial charge in [-0.25, -0.2) is 14.3 Å². The van der Waals surface area contributed by atoms with Gasteiger partial charge in [0.2, 0.25) is 0 Å². The summed E-state index contributed by atoms with van der Waals surface area (Å²) in [5, 5.41) is 19.2. The van der Waals surface area contributed by atoms with Crippen LogP contribution in [-0.4, -0.2) is 78.1 Å². The molecule has 12 nitrogen and oxygen atoms in total. The van der Waals surface area contributed by atoms with E-state index >= 15 is 0 Å². The highest BCUT2D eigenvalue weighted by Gasteiger charge is 2.22. The van der Waals surface area contributed by atoms with Crippen molar-refractivity contribution in [2.75, 3.05) is 32.8 Å². The van der Waals surface area contributed by atoms with Gasteiger partial charge in [0.1, 0.15) is 6.20 Å². The van der Waals surface area contributed by atoms with Crippen molar-refractivity contribution in [3.8, 4) is 0 Å². The van der Waals surface area contributed by atoms with Gasteiger partial charge >= 0.3 is 11.9 Å². The molecule has 28 heavy (non-hydrogen) atoms. The lowest BCUT2D eigenvalue weighted by Gasteiger charge is -2.33. The molecule has 0 bridgehead atoms. The Bertz CT molecular complexity index is 824. The number of rotatable bonds is 7. The largest absolute Gasteiger partial charge is 0.450 e. The molecule has 3 rings (SSSR count). The van der Waals surface area contributed by atoms with Crippen LogP contribution >= 0.6 is 0 Å². The van der Waals surface area contributed by atoms with E-state index in [0.29, 0.717) is 45.0 Å². The molecule has 0 saturated carbocycles. The summed E-state index contributed by atoms with van der Waals surface area (Å²) in [5.74, 6) is 0.593. The molecule has 0 radical (unpaired) electrons. The lowest BCUT2D eigenvalue weighted by Crippen LogP contribution is -2.48. The van der Waals surface area contributed by atoms with Crippen molar-refractivity contribution in [3.05, 3.63) is 34.0 Å². The predicted octanol–water partition coefficient (Wildman–Crippen LogP) is 0.437. The van der Waals surface area contributed by atoms with E-state index in [-0.39, 0.29) is 11.9 Å². The third kappa shape index (κ3) is 4.63. The third-order valence-electron chi connectivity index (χ3n) is 4.68. The third-order valence-corrected chi connectivity index (χ3v) is 4.68. The number of ether oxygens (including phenoxy) is 1. The molecule has 0 N–H and O–H groups in total. The molecular formula is C16H24N8O4. The molecule has 0 aromatic carbocycles. The maximum Gasteiger partial charge on any atom is 0.409 e. The van der Waals surface area contributed by atoms with Crippen molar-refractivity contribution in [2.24, 2.45) is 7.05 Å². The number of amides is 1. The van der Waals surface area contributed by atoms with Gasteiger partial charge in [-0.1, -0.05) is 5.21 Å². The molecule has 0 spiro atoms. The number of aryl methyl sites for hydroxylation is 2. The van der Waals surface area contributed by atoms with Crippen molar-refractivity contribution in [1.82, 2.24) is 34.3 Å². The lowest BCUT2D eigenvalue weighted by molar-refractivity contribution is -0.391. The van der Waals surface area contributed by atoms with Gasteiger partial charge in [0.05, 0.1) is 25.9 Å². The molecule has 2 aromatic heterocycles. The van der Waals surface area contributed by atoms with Crippen LogP contribution in [0.3, 0.4) is 0 Å². The summed E-state index contributed by atoms with van der Waals surface area (Å²) < 4.78 is 8.21. The van der Waals surface area contributed by atoms with Gasteiger partial charge in [0, 0.05) is 45.3 Å². The zero-order valence-electron chi connectivity index (χ0n) is 16.0. The number of hydrogen-bond donors (Lipinski definition) is 0. The molecular weight excluding hydrogens is 368 g/mol. The van der Waals surface area contributed by atoms with Crippen molar-refractivity contribution in [1.29, 1.82) is 0 Å². The standard InChI is InChI=1S/C16H24N8O4/c1-3-28-16(25)22-8-6-21(7-9-22)11-13-12-23(19-18-13)5-4-14-17-10-15(20(14)2)24(26)27/h10,12H,3-9,11H2,1-2H3. The number of hydrogen-bond acceptors (Lipinski definition) is 8. The summed E-state index contributed by atoms with van der Waals surface area (Å²) in [6, 6.07) is 0. The summed E-state index contributed by atoms with van der Waals surface area (Å²) in [4.78, 5) is 30.2. The predicted molar refractivity (Wildman–Crippen MR) is 97.5 cm³/mol. The highest BCUT2D eigenvalue weighted by atomic mass is 16.6. The number of nitrogens with zero attached hydrogens (tertiary/aromatic N) is 8. The van der Waals surface area contributed by atoms with Crippen LogP contribution in [0.15, 0.2) is 12.4 Å². The van der Waals surface area contributed by atoms with E-state index in [1.165, 1.54) is 10.8 Å². The van der Waals surface area contributed by atoms with Gasteiger partial charge in [-0.2, -0.15) is 0 Å². The molecule has 1 amide bonds. The zero-order valence-corrected chi connectivity index (χ0v) is 16.0. The van der Waals surface area contributed by atoms with E-state index in [9.17, 15) is 14.9 Å². The van der Waals surface area contributed by atoms with Gasteiger partial charge in [-0.15, -0.1) is 5.10 Å². The van der Waals surface area contributed by atoms with E-state index in [1.54, 1.807) is 23.6 Å². The molecule has 12 heteroatoms. The highest BCUT2D eigenvalue weighted by Crippen LogP contribution is 2.13. The van der Waals surface area contributed by atoms with Crippen LogP contribution in [0.25, 0.3) is 0 Å². The zero-order chi connectivity index (χ0) is 20.1. The molecule has 1 aliphatic heterocycles. The first-order valence-electron chi connectivity index (χ1n) is 9.16. The number of nitro groups is 1. The van der Waals surface area contributed by atoms with Gasteiger partial charge in [-0.05, 0) is 11.8 Å². The van der Waals surface area contributed by atoms with E-state index in [4.69, 9.17) is 4.74 Å². The monoisotopic (exact) mass is 392 g/mol. The summed E-state index contributed by atoms with van der Waals surface area (Å²) >= 11 is 0. The van der Waals surface area contributed by atoms with Crippen molar-refractivity contribution < 1.29 is 14.5 Å². The topological polar surface area (TPSA) is 124 Å². The van der Waals surface area contributed by atoms with Crippen LogP contribution in [0, 0.1) is 10.1 Å². The second-order valence-corrected chi connectivity index (χ2v) is 6.53. The SMILES string of the molecule is CCOC(=O)N1CCN(Cc2cn(CCc3ncc([N+](=O)[O-])n3C)nn2)CC1. The maximum atomic E-state index is 11.7. The van der Waals surface area contributed by atoms with E-state index in [1.807, 2.05) is 6.20 Å². The molecule has 0 aliphatic carbocycles. The number of aromatic nitrogens is 5. The summed E-state index contributed by atoms with van der Waals surface area (Å²) in [7, 11) is 1.63. The van der Waals surface area contributed by atoms with Crippen molar-refractivity contribution in [3.63, 3.8) is 0 Å². The first-order chi connectivity index (χ1) is 13.5. The van der Waals surface area contributed by atoms with Gasteiger partial charge in [0.15, 0.2) is 5.82 Å². The molecule has 0 unspecified atom stereocenters. The van der Waals surface area contributed by atoms with Crippen molar-refractivity contribution >= 4 is 11.9 Å². The fourth-order valence-electron chi connectivity index (χ4n) is 3.11. The van der Waals surface area contributed by atoms with Gasteiger partial charge in [-0.3, -0.25) is 9.58 Å². The normalized spacial score (nSPS) is 15.0. The molecule has 0 atom stereocenters. The van der Waals surface area contributed by atoms with Crippen LogP contribution < -0.4 is 0 Å². The first kappa shape index (κ1) is 19.7. The first-order valence-corrected chi connectivity index (χ1v) is 9.16. The maximum absolute atomic E-state index is 11.7. The Kier molecular flexibility index (Phi) is 6.19. The fraction of sp³-hybridized carbons (Fsp3) is 0.625. The Morgan fingerprint density at radius 3 is 2.71 bits per heavy atom. The minimum atomic E-state index is -0.453. The second kappa shape index (κ2) is 8.78. The minimum absolute atomic E-state index is 0.0313. The Morgan fingerprint density at radius 2 is 2.07 bits per heavy atom. The summed E-state index contributed by atoms with van der Waals surface area (Å²) in [5.41, 5.74) is 0.843. The molecule has 1 aliphatic rings. The molecule has 1 saturated heterocycles. The van der Waals surface area contributed by atoms with Crippen LogP contribution in [-0.2, 0) is 31.3 Å². The molecule has 152 valence electrons. The summed E-state index contributed by atoms with van der Waals surface area (Å²) in [6.07, 6.45) is 3.39. The average molecular weight is 392 g/mol. The summed E-state index contributed by atoms with van der Waals surface area (Å²) in [6.45, 7) is 6.14. The Labute approximate surface area is 161 Å². The van der Waals surface area contributed by atoms with Gasteiger partial charge < -0.3 is 19.8 Å². The number of imidazole rings is 1. The van der Waals surface area contributed by atoms with Crippen LogP contribution in [0.2, 0.25) is 0 Å². The molecule has 2 aromatic rings. The fourth-order valence-corrected chi connectivity index (χ4v) is 3.11. The lowest BCUT2D eigenvalue weighted by atomic mass is 10.3. The number of carbonyl (C=O) groups is 1. The average Bonchev–Trinajstić information content (AvgIpc) is 3.27.